The monoisotopic (exact) mass is 425 g/mol. The topological polar surface area (TPSA) is 82.6 Å². The number of rotatable bonds is 5. The van der Waals surface area contributed by atoms with Crippen LogP contribution in [0.2, 0.25) is 0 Å². The van der Waals surface area contributed by atoms with Gasteiger partial charge in [-0.05, 0) is 38.1 Å². The van der Waals surface area contributed by atoms with Crippen molar-refractivity contribution in [1.82, 2.24) is 9.80 Å². The fraction of sp³-hybridized carbons (Fsp3) is 0.391. The third-order valence-corrected chi connectivity index (χ3v) is 5.96. The summed E-state index contributed by atoms with van der Waals surface area (Å²) >= 11 is 0. The van der Waals surface area contributed by atoms with E-state index in [0.717, 1.165) is 11.1 Å². The van der Waals surface area contributed by atoms with Gasteiger partial charge in [-0.1, -0.05) is 17.7 Å². The summed E-state index contributed by atoms with van der Waals surface area (Å²) in [6.07, 6.45) is -0.827. The number of nitrogens with zero attached hydrogens (tertiary/aromatic N) is 3. The molecule has 0 unspecified atom stereocenters. The van der Waals surface area contributed by atoms with E-state index in [1.807, 2.05) is 36.1 Å². The van der Waals surface area contributed by atoms with Gasteiger partial charge in [-0.2, -0.15) is 0 Å². The van der Waals surface area contributed by atoms with Crippen LogP contribution < -0.4 is 14.4 Å². The average molecular weight is 425 g/mol. The van der Waals surface area contributed by atoms with Crippen LogP contribution in [-0.2, 0) is 11.3 Å². The number of aliphatic hydroxyl groups is 1. The summed E-state index contributed by atoms with van der Waals surface area (Å²) in [5.74, 6) is 0.965. The molecule has 2 aromatic rings. The zero-order valence-electron chi connectivity index (χ0n) is 18.2. The number of benzene rings is 2. The minimum absolute atomic E-state index is 0.0846. The number of urea groups is 1. The number of hydrogen-bond acceptors (Lipinski definition) is 6. The number of methoxy groups -OCH3 is 2. The molecular formula is C23H27N3O5. The Kier molecular flexibility index (Phi) is 5.60. The minimum Gasteiger partial charge on any atom is -0.496 e. The minimum atomic E-state index is -0.827. The first-order chi connectivity index (χ1) is 14.8. The van der Waals surface area contributed by atoms with Crippen molar-refractivity contribution in [2.45, 2.75) is 32.5 Å². The fourth-order valence-corrected chi connectivity index (χ4v) is 4.35. The van der Waals surface area contributed by atoms with E-state index < -0.39 is 12.1 Å². The summed E-state index contributed by atoms with van der Waals surface area (Å²) in [7, 11) is 3.13. The molecule has 3 amide bonds. The van der Waals surface area contributed by atoms with Crippen LogP contribution in [0.15, 0.2) is 36.4 Å². The Balaban J connectivity index is 1.58. The summed E-state index contributed by atoms with van der Waals surface area (Å²) in [6.45, 7) is 4.48. The first kappa shape index (κ1) is 21.1. The number of aliphatic hydroxyl groups excluding tert-OH is 1. The van der Waals surface area contributed by atoms with Crippen LogP contribution in [0.25, 0.3) is 0 Å². The molecule has 0 radical (unpaired) electrons. The van der Waals surface area contributed by atoms with Gasteiger partial charge < -0.3 is 14.6 Å². The van der Waals surface area contributed by atoms with Gasteiger partial charge in [0, 0.05) is 29.9 Å². The van der Waals surface area contributed by atoms with Gasteiger partial charge in [0.25, 0.3) is 5.91 Å². The van der Waals surface area contributed by atoms with Crippen LogP contribution in [-0.4, -0.2) is 60.3 Å². The number of fused-ring (bicyclic) bond motifs is 1. The number of hydrogen-bond donors (Lipinski definition) is 1. The van der Waals surface area contributed by atoms with E-state index in [9.17, 15) is 14.7 Å². The predicted octanol–water partition coefficient (Wildman–Crippen LogP) is 2.68. The third-order valence-electron chi connectivity index (χ3n) is 5.96. The maximum Gasteiger partial charge on any atom is 0.333 e. The maximum atomic E-state index is 13.1. The van der Waals surface area contributed by atoms with Gasteiger partial charge in [0.05, 0.1) is 27.0 Å². The second-order valence-electron chi connectivity index (χ2n) is 7.96. The van der Waals surface area contributed by atoms with E-state index >= 15 is 0 Å². The van der Waals surface area contributed by atoms with Crippen LogP contribution in [0.3, 0.4) is 0 Å². The number of anilines is 1. The van der Waals surface area contributed by atoms with Crippen molar-refractivity contribution in [2.75, 3.05) is 32.3 Å². The van der Waals surface area contributed by atoms with E-state index in [1.165, 1.54) is 9.80 Å². The summed E-state index contributed by atoms with van der Waals surface area (Å²) in [5.41, 5.74) is 3.25. The molecule has 4 rings (SSSR count). The number of ether oxygens (including phenoxy) is 2. The summed E-state index contributed by atoms with van der Waals surface area (Å²) in [5, 5.41) is 10.8. The van der Waals surface area contributed by atoms with Crippen LogP contribution in [0, 0.1) is 6.92 Å². The Hall–Kier alpha value is -3.10. The van der Waals surface area contributed by atoms with Gasteiger partial charge in [0.1, 0.15) is 17.5 Å². The molecule has 8 nitrogen and oxygen atoms in total. The lowest BCUT2D eigenvalue weighted by atomic mass is 9.95. The normalized spacial score (nSPS) is 21.5. The van der Waals surface area contributed by atoms with Gasteiger partial charge >= 0.3 is 6.03 Å². The first-order valence-corrected chi connectivity index (χ1v) is 10.2. The second-order valence-corrected chi connectivity index (χ2v) is 7.96. The van der Waals surface area contributed by atoms with Gasteiger partial charge in [-0.25, -0.2) is 9.69 Å². The molecule has 0 aromatic heterocycles. The largest absolute Gasteiger partial charge is 0.496 e. The molecule has 2 aliphatic heterocycles. The van der Waals surface area contributed by atoms with Gasteiger partial charge in [0.15, 0.2) is 0 Å². The molecule has 0 saturated carbocycles. The summed E-state index contributed by atoms with van der Waals surface area (Å²) in [4.78, 5) is 30.7. The number of carbonyl (C=O) groups excluding carboxylic acids is 2. The Morgan fingerprint density at radius 1 is 1.03 bits per heavy atom. The Morgan fingerprint density at radius 2 is 1.68 bits per heavy atom. The molecule has 1 saturated heterocycles. The summed E-state index contributed by atoms with van der Waals surface area (Å²) in [6, 6.07) is 10.1. The molecule has 2 atom stereocenters. The van der Waals surface area contributed by atoms with E-state index in [1.54, 1.807) is 33.3 Å². The van der Waals surface area contributed by atoms with E-state index in [-0.39, 0.29) is 25.2 Å². The smallest absolute Gasteiger partial charge is 0.333 e. The highest BCUT2D eigenvalue weighted by Crippen LogP contribution is 2.39. The van der Waals surface area contributed by atoms with E-state index in [2.05, 4.69) is 0 Å². The first-order valence-electron chi connectivity index (χ1n) is 10.2. The van der Waals surface area contributed by atoms with Crippen molar-refractivity contribution < 1.29 is 24.2 Å². The van der Waals surface area contributed by atoms with Crippen molar-refractivity contribution >= 4 is 17.6 Å². The van der Waals surface area contributed by atoms with E-state index in [4.69, 9.17) is 9.47 Å². The van der Waals surface area contributed by atoms with Gasteiger partial charge in [0.2, 0.25) is 0 Å². The number of β-amino-alcohol motifs (C(OH)–C–C–N with tert-alkyl or cyclic N) is 1. The Labute approximate surface area is 181 Å². The zero-order valence-corrected chi connectivity index (χ0v) is 18.2. The third kappa shape index (κ3) is 3.62. The molecule has 0 spiro atoms. The molecule has 1 N–H and O–H groups in total. The van der Waals surface area contributed by atoms with Crippen molar-refractivity contribution in [1.29, 1.82) is 0 Å². The highest BCUT2D eigenvalue weighted by molar-refractivity contribution is 6.14. The highest BCUT2D eigenvalue weighted by atomic mass is 16.5. The molecule has 8 heteroatoms. The lowest BCUT2D eigenvalue weighted by Gasteiger charge is -2.35. The average Bonchev–Trinajstić information content (AvgIpc) is 2.97. The van der Waals surface area contributed by atoms with Crippen LogP contribution in [0.5, 0.6) is 11.5 Å². The van der Waals surface area contributed by atoms with Crippen LogP contribution >= 0.6 is 0 Å². The highest BCUT2D eigenvalue weighted by Gasteiger charge is 2.44. The number of aryl methyl sites for hydroxylation is 1. The molecule has 31 heavy (non-hydrogen) atoms. The van der Waals surface area contributed by atoms with Crippen LogP contribution in [0.4, 0.5) is 10.5 Å². The van der Waals surface area contributed by atoms with Crippen molar-refractivity contribution in [3.8, 4) is 11.5 Å². The molecular weight excluding hydrogens is 398 g/mol. The SMILES string of the molecule is COc1ccc(OC)c2c1CN(CN1C(=O)[C@H](C)N(c3ccc(C)cc3)C1=O)C[C@H]2O. The molecule has 0 aliphatic carbocycles. The molecule has 0 bridgehead atoms. The van der Waals surface area contributed by atoms with Gasteiger partial charge in [-0.3, -0.25) is 14.6 Å². The number of amides is 3. The molecule has 2 heterocycles. The molecule has 2 aliphatic rings. The quantitative estimate of drug-likeness (QED) is 0.742. The van der Waals surface area contributed by atoms with Crippen molar-refractivity contribution in [3.05, 3.63) is 53.1 Å². The van der Waals surface area contributed by atoms with Gasteiger partial charge in [-0.15, -0.1) is 0 Å². The number of carbonyl (C=O) groups is 2. The Bertz CT molecular complexity index is 1010. The lowest BCUT2D eigenvalue weighted by molar-refractivity contribution is -0.128. The number of imide groups is 1. The van der Waals surface area contributed by atoms with Crippen LogP contribution in [0.1, 0.15) is 29.7 Å². The fourth-order valence-electron chi connectivity index (χ4n) is 4.35. The summed E-state index contributed by atoms with van der Waals surface area (Å²) < 4.78 is 10.9. The molecule has 1 fully saturated rings. The standard InChI is InChI=1S/C23H27N3O5/c1-14-5-7-16(8-6-14)26-15(2)22(28)25(23(26)29)13-24-11-17-19(30-3)9-10-20(31-4)21(17)18(27)12-24/h5-10,15,18,27H,11-13H2,1-4H3/t15-,18+/m0/s1. The second kappa shape index (κ2) is 8.20. The lowest BCUT2D eigenvalue weighted by Crippen LogP contribution is -2.45. The van der Waals surface area contributed by atoms with Crippen molar-refractivity contribution in [3.63, 3.8) is 0 Å². The molecule has 2 aromatic carbocycles. The Morgan fingerprint density at radius 3 is 2.32 bits per heavy atom. The zero-order chi connectivity index (χ0) is 22.3. The van der Waals surface area contributed by atoms with Crippen molar-refractivity contribution in [2.24, 2.45) is 0 Å². The predicted molar refractivity (Wildman–Crippen MR) is 115 cm³/mol. The molecule has 164 valence electrons. The van der Waals surface area contributed by atoms with E-state index in [0.29, 0.717) is 29.3 Å². The maximum absolute atomic E-state index is 13.1.